The summed E-state index contributed by atoms with van der Waals surface area (Å²) in [5.74, 6) is -3.87. The molecular weight excluding hydrogens is 314 g/mol. The van der Waals surface area contributed by atoms with E-state index in [0.29, 0.717) is 6.42 Å². The number of aliphatic carboxylic acids is 3. The zero-order chi connectivity index (χ0) is 18.4. The lowest BCUT2D eigenvalue weighted by Gasteiger charge is -2.36. The third-order valence-electron chi connectivity index (χ3n) is 3.80. The third-order valence-corrected chi connectivity index (χ3v) is 3.80. The van der Waals surface area contributed by atoms with Crippen molar-refractivity contribution in [1.29, 1.82) is 0 Å². The molecular formula is C17H29NO6. The second-order valence-corrected chi connectivity index (χ2v) is 6.16. The molecule has 0 atom stereocenters. The molecule has 0 saturated carbocycles. The SMILES string of the molecule is CCCCC/C=C/CCCC[N+](CC(=O)[O-])(CC(=O)O)CC(=O)O. The normalized spacial score (nSPS) is 11.7. The Morgan fingerprint density at radius 3 is 1.79 bits per heavy atom. The number of quaternary nitrogens is 1. The highest BCUT2D eigenvalue weighted by Gasteiger charge is 2.33. The lowest BCUT2D eigenvalue weighted by Crippen LogP contribution is -2.59. The van der Waals surface area contributed by atoms with Crippen LogP contribution < -0.4 is 5.11 Å². The summed E-state index contributed by atoms with van der Waals surface area (Å²) in [5.41, 5.74) is 0. The van der Waals surface area contributed by atoms with Crippen molar-refractivity contribution in [3.8, 4) is 0 Å². The zero-order valence-electron chi connectivity index (χ0n) is 14.4. The molecule has 0 rings (SSSR count). The molecule has 24 heavy (non-hydrogen) atoms. The number of unbranched alkanes of at least 4 members (excludes halogenated alkanes) is 5. The molecule has 0 saturated heterocycles. The molecule has 2 N–H and O–H groups in total. The molecule has 0 bridgehead atoms. The van der Waals surface area contributed by atoms with Gasteiger partial charge in [-0.3, -0.25) is 0 Å². The minimum Gasteiger partial charge on any atom is -0.544 e. The van der Waals surface area contributed by atoms with E-state index >= 15 is 0 Å². The third kappa shape index (κ3) is 11.6. The van der Waals surface area contributed by atoms with Gasteiger partial charge in [0.2, 0.25) is 0 Å². The Hall–Kier alpha value is -1.89. The largest absolute Gasteiger partial charge is 0.544 e. The van der Waals surface area contributed by atoms with Gasteiger partial charge in [0.05, 0.1) is 12.5 Å². The van der Waals surface area contributed by atoms with Gasteiger partial charge >= 0.3 is 11.9 Å². The van der Waals surface area contributed by atoms with Gasteiger partial charge in [0.15, 0.2) is 13.1 Å². The highest BCUT2D eigenvalue weighted by Crippen LogP contribution is 2.11. The Labute approximate surface area is 143 Å². The molecule has 7 nitrogen and oxygen atoms in total. The van der Waals surface area contributed by atoms with Crippen LogP contribution in [0.2, 0.25) is 0 Å². The van der Waals surface area contributed by atoms with Crippen molar-refractivity contribution in [2.45, 2.75) is 51.9 Å². The van der Waals surface area contributed by atoms with Gasteiger partial charge in [-0.25, -0.2) is 9.59 Å². The molecule has 0 spiro atoms. The monoisotopic (exact) mass is 343 g/mol. The van der Waals surface area contributed by atoms with Crippen LogP contribution in [0.3, 0.4) is 0 Å². The smallest absolute Gasteiger partial charge is 0.359 e. The van der Waals surface area contributed by atoms with Crippen molar-refractivity contribution in [2.24, 2.45) is 0 Å². The van der Waals surface area contributed by atoms with Crippen LogP contribution in [0.5, 0.6) is 0 Å². The second-order valence-electron chi connectivity index (χ2n) is 6.16. The standard InChI is InChI=1S/C17H29NO6/c1-2-3-4-5-6-7-8-9-10-11-18(12-15(19)20,13-16(21)22)14-17(23)24/h6-7H,2-5,8-14H2,1H3,(H2-,19,20,21,22,23,24)/b7-6+. The lowest BCUT2D eigenvalue weighted by molar-refractivity contribution is -0.909. The van der Waals surface area contributed by atoms with E-state index < -0.39 is 42.0 Å². The summed E-state index contributed by atoms with van der Waals surface area (Å²) in [6, 6.07) is 0. The van der Waals surface area contributed by atoms with Crippen LogP contribution in [0.15, 0.2) is 12.2 Å². The number of carbonyl (C=O) groups is 3. The molecule has 0 amide bonds. The number of hydrogen-bond donors (Lipinski definition) is 2. The molecule has 0 aliphatic heterocycles. The fourth-order valence-corrected chi connectivity index (χ4v) is 2.71. The average molecular weight is 343 g/mol. The Kier molecular flexibility index (Phi) is 11.5. The molecule has 0 radical (unpaired) electrons. The van der Waals surface area contributed by atoms with Gasteiger partial charge in [0, 0.05) is 0 Å². The van der Waals surface area contributed by atoms with Crippen molar-refractivity contribution >= 4 is 17.9 Å². The van der Waals surface area contributed by atoms with Gasteiger partial charge in [-0.05, 0) is 32.1 Å². The van der Waals surface area contributed by atoms with E-state index in [9.17, 15) is 19.5 Å². The van der Waals surface area contributed by atoms with Gasteiger partial charge in [-0.2, -0.15) is 0 Å². The van der Waals surface area contributed by atoms with Crippen molar-refractivity contribution in [1.82, 2.24) is 0 Å². The average Bonchev–Trinajstić information content (AvgIpc) is 2.43. The van der Waals surface area contributed by atoms with Gasteiger partial charge in [-0.15, -0.1) is 0 Å². The molecule has 0 fully saturated rings. The van der Waals surface area contributed by atoms with E-state index in [4.69, 9.17) is 10.2 Å². The van der Waals surface area contributed by atoms with Gasteiger partial charge in [0.1, 0.15) is 6.54 Å². The summed E-state index contributed by atoms with van der Waals surface area (Å²) in [7, 11) is 0. The summed E-state index contributed by atoms with van der Waals surface area (Å²) >= 11 is 0. The van der Waals surface area contributed by atoms with Gasteiger partial charge in [-0.1, -0.05) is 31.9 Å². The number of hydrogen-bond acceptors (Lipinski definition) is 4. The van der Waals surface area contributed by atoms with Crippen LogP contribution >= 0.6 is 0 Å². The summed E-state index contributed by atoms with van der Waals surface area (Å²) in [4.78, 5) is 32.9. The fraction of sp³-hybridized carbons (Fsp3) is 0.706. The Morgan fingerprint density at radius 2 is 1.38 bits per heavy atom. The van der Waals surface area contributed by atoms with Crippen molar-refractivity contribution < 1.29 is 34.2 Å². The molecule has 138 valence electrons. The number of rotatable bonds is 15. The van der Waals surface area contributed by atoms with Crippen molar-refractivity contribution in [3.63, 3.8) is 0 Å². The number of nitrogens with zero attached hydrogens (tertiary/aromatic N) is 1. The highest BCUT2D eigenvalue weighted by atomic mass is 16.4. The first-order chi connectivity index (χ1) is 11.3. The summed E-state index contributed by atoms with van der Waals surface area (Å²) < 4.78 is -0.521. The number of carboxylic acid groups (broad SMARTS) is 3. The van der Waals surface area contributed by atoms with E-state index in [2.05, 4.69) is 19.1 Å². The number of carbonyl (C=O) groups excluding carboxylic acids is 1. The predicted molar refractivity (Wildman–Crippen MR) is 87.1 cm³/mol. The van der Waals surface area contributed by atoms with Crippen LogP contribution in [0, 0.1) is 0 Å². The number of carboxylic acids is 3. The maximum absolute atomic E-state index is 11.0. The minimum atomic E-state index is -1.44. The van der Waals surface area contributed by atoms with Crippen LogP contribution in [0.1, 0.15) is 51.9 Å². The maximum Gasteiger partial charge on any atom is 0.359 e. The predicted octanol–water partition coefficient (Wildman–Crippen LogP) is 1.03. The number of allylic oxidation sites excluding steroid dienone is 2. The molecule has 0 aromatic heterocycles. The van der Waals surface area contributed by atoms with Crippen molar-refractivity contribution in [2.75, 3.05) is 26.2 Å². The topological polar surface area (TPSA) is 115 Å². The Bertz CT molecular complexity index is 392. The Morgan fingerprint density at radius 1 is 0.875 bits per heavy atom. The maximum atomic E-state index is 11.0. The lowest BCUT2D eigenvalue weighted by atomic mass is 10.1. The summed E-state index contributed by atoms with van der Waals surface area (Å²) in [6.45, 7) is 0.664. The molecule has 0 aliphatic rings. The fourth-order valence-electron chi connectivity index (χ4n) is 2.71. The van der Waals surface area contributed by atoms with Crippen LogP contribution in [0.25, 0.3) is 0 Å². The molecule has 0 aliphatic carbocycles. The molecule has 0 aromatic carbocycles. The molecule has 7 heteroatoms. The van der Waals surface area contributed by atoms with E-state index in [-0.39, 0.29) is 6.54 Å². The zero-order valence-corrected chi connectivity index (χ0v) is 14.4. The summed E-state index contributed by atoms with van der Waals surface area (Å²) in [6.07, 6.45) is 10.9. The minimum absolute atomic E-state index is 0.191. The van der Waals surface area contributed by atoms with Crippen LogP contribution in [-0.4, -0.2) is 58.8 Å². The van der Waals surface area contributed by atoms with E-state index in [1.807, 2.05) is 0 Å². The van der Waals surface area contributed by atoms with Crippen LogP contribution in [-0.2, 0) is 14.4 Å². The van der Waals surface area contributed by atoms with Gasteiger partial charge in [0.25, 0.3) is 0 Å². The first kappa shape index (κ1) is 22.1. The van der Waals surface area contributed by atoms with E-state index in [0.717, 1.165) is 25.7 Å². The highest BCUT2D eigenvalue weighted by molar-refractivity contribution is 5.72. The van der Waals surface area contributed by atoms with Crippen molar-refractivity contribution in [3.05, 3.63) is 12.2 Å². The summed E-state index contributed by atoms with van der Waals surface area (Å²) in [5, 5.41) is 28.9. The van der Waals surface area contributed by atoms with E-state index in [1.54, 1.807) is 0 Å². The first-order valence-electron chi connectivity index (χ1n) is 8.45. The first-order valence-corrected chi connectivity index (χ1v) is 8.45. The van der Waals surface area contributed by atoms with E-state index in [1.165, 1.54) is 12.8 Å². The molecule has 0 aromatic rings. The Balaban J connectivity index is 4.45. The molecule has 0 unspecified atom stereocenters. The second kappa shape index (κ2) is 12.5. The molecule has 0 heterocycles. The quantitative estimate of drug-likeness (QED) is 0.261. The van der Waals surface area contributed by atoms with Gasteiger partial charge < -0.3 is 24.6 Å². The van der Waals surface area contributed by atoms with Crippen LogP contribution in [0.4, 0.5) is 0 Å².